The standard InChI is InChI=1S/C19H25N5O2/c1-22-8-2-5-19(18(25)26)6-9-24(13-16(19)22)17-4-3-15(11-21-17)12-23-10-7-20-14-23/h3-4,7,10-11,14,16H,2,5-6,8-9,12-13H2,1H3,(H,25,26)/t16-,19+/m1/s1. The van der Waals surface area contributed by atoms with E-state index in [1.807, 2.05) is 30.1 Å². The Labute approximate surface area is 153 Å². The Balaban J connectivity index is 1.50. The van der Waals surface area contributed by atoms with E-state index in [1.165, 1.54) is 0 Å². The average Bonchev–Trinajstić information content (AvgIpc) is 3.15. The van der Waals surface area contributed by atoms with Crippen molar-refractivity contribution < 1.29 is 9.90 Å². The molecule has 0 aliphatic carbocycles. The highest BCUT2D eigenvalue weighted by Crippen LogP contribution is 2.42. The van der Waals surface area contributed by atoms with Gasteiger partial charge in [-0.2, -0.15) is 0 Å². The van der Waals surface area contributed by atoms with Gasteiger partial charge in [-0.1, -0.05) is 6.07 Å². The second-order valence-corrected chi connectivity index (χ2v) is 7.52. The van der Waals surface area contributed by atoms with Crippen LogP contribution in [0.15, 0.2) is 37.1 Å². The Morgan fingerprint density at radius 1 is 1.35 bits per heavy atom. The molecule has 7 heteroatoms. The molecule has 2 saturated heterocycles. The van der Waals surface area contributed by atoms with E-state index in [0.29, 0.717) is 6.42 Å². The lowest BCUT2D eigenvalue weighted by atomic mass is 9.68. The van der Waals surface area contributed by atoms with Gasteiger partial charge in [0.2, 0.25) is 0 Å². The molecule has 2 aliphatic rings. The maximum Gasteiger partial charge on any atom is 0.311 e. The van der Waals surface area contributed by atoms with E-state index in [0.717, 1.165) is 50.4 Å². The molecule has 7 nitrogen and oxygen atoms in total. The first-order chi connectivity index (χ1) is 12.6. The number of fused-ring (bicyclic) bond motifs is 1. The van der Waals surface area contributed by atoms with Crippen LogP contribution in [-0.4, -0.2) is 63.2 Å². The molecule has 26 heavy (non-hydrogen) atoms. The third-order valence-corrected chi connectivity index (χ3v) is 6.01. The van der Waals surface area contributed by atoms with Gasteiger partial charge in [-0.25, -0.2) is 9.97 Å². The molecule has 0 unspecified atom stereocenters. The predicted octanol–water partition coefficient (Wildman–Crippen LogP) is 1.70. The van der Waals surface area contributed by atoms with E-state index in [1.54, 1.807) is 12.5 Å². The van der Waals surface area contributed by atoms with Crippen molar-refractivity contribution in [1.82, 2.24) is 19.4 Å². The Morgan fingerprint density at radius 2 is 2.23 bits per heavy atom. The fraction of sp³-hybridized carbons (Fsp3) is 0.526. The number of carboxylic acid groups (broad SMARTS) is 1. The molecule has 0 radical (unpaired) electrons. The van der Waals surface area contributed by atoms with Crippen LogP contribution < -0.4 is 4.90 Å². The smallest absolute Gasteiger partial charge is 0.311 e. The van der Waals surface area contributed by atoms with E-state index in [4.69, 9.17) is 0 Å². The fourth-order valence-electron chi connectivity index (χ4n) is 4.48. The Kier molecular flexibility index (Phi) is 4.40. The van der Waals surface area contributed by atoms with Crippen molar-refractivity contribution in [2.24, 2.45) is 5.41 Å². The number of carbonyl (C=O) groups is 1. The Hall–Kier alpha value is -2.41. The second-order valence-electron chi connectivity index (χ2n) is 7.52. The van der Waals surface area contributed by atoms with Crippen molar-refractivity contribution in [3.8, 4) is 0 Å². The van der Waals surface area contributed by atoms with E-state index >= 15 is 0 Å². The van der Waals surface area contributed by atoms with Gasteiger partial charge in [-0.3, -0.25) is 4.79 Å². The number of aromatic nitrogens is 3. The normalized spacial score (nSPS) is 26.5. The number of piperidine rings is 2. The van der Waals surface area contributed by atoms with Gasteiger partial charge < -0.3 is 19.5 Å². The molecule has 138 valence electrons. The van der Waals surface area contributed by atoms with E-state index in [2.05, 4.69) is 25.8 Å². The lowest BCUT2D eigenvalue weighted by molar-refractivity contribution is -0.158. The Bertz CT molecular complexity index is 761. The summed E-state index contributed by atoms with van der Waals surface area (Å²) in [5.41, 5.74) is 0.517. The van der Waals surface area contributed by atoms with E-state index in [-0.39, 0.29) is 6.04 Å². The third-order valence-electron chi connectivity index (χ3n) is 6.01. The predicted molar refractivity (Wildman–Crippen MR) is 98.1 cm³/mol. The zero-order valence-electron chi connectivity index (χ0n) is 15.1. The summed E-state index contributed by atoms with van der Waals surface area (Å²) in [5, 5.41) is 9.89. The molecule has 0 bridgehead atoms. The van der Waals surface area contributed by atoms with Crippen LogP contribution >= 0.6 is 0 Å². The summed E-state index contributed by atoms with van der Waals surface area (Å²) in [6.45, 7) is 3.17. The summed E-state index contributed by atoms with van der Waals surface area (Å²) in [6, 6.07) is 4.17. The van der Waals surface area contributed by atoms with Gasteiger partial charge in [0, 0.05) is 44.3 Å². The lowest BCUT2D eigenvalue weighted by Gasteiger charge is -2.52. The van der Waals surface area contributed by atoms with Gasteiger partial charge in [0.25, 0.3) is 0 Å². The number of nitrogens with zero attached hydrogens (tertiary/aromatic N) is 5. The van der Waals surface area contributed by atoms with Gasteiger partial charge in [-0.15, -0.1) is 0 Å². The van der Waals surface area contributed by atoms with Gasteiger partial charge in [0.15, 0.2) is 0 Å². The molecular formula is C19H25N5O2. The number of likely N-dealkylation sites (tertiary alicyclic amines) is 1. The Morgan fingerprint density at radius 3 is 2.92 bits per heavy atom. The summed E-state index contributed by atoms with van der Waals surface area (Å²) < 4.78 is 2.01. The molecule has 0 aromatic carbocycles. The first-order valence-electron chi connectivity index (χ1n) is 9.18. The number of hydrogen-bond donors (Lipinski definition) is 1. The molecule has 0 spiro atoms. The van der Waals surface area contributed by atoms with Crippen molar-refractivity contribution in [2.75, 3.05) is 31.6 Å². The molecule has 4 heterocycles. The first-order valence-corrected chi connectivity index (χ1v) is 9.18. The van der Waals surface area contributed by atoms with Gasteiger partial charge >= 0.3 is 5.97 Å². The average molecular weight is 355 g/mol. The van der Waals surface area contributed by atoms with Gasteiger partial charge in [0.1, 0.15) is 5.82 Å². The number of likely N-dealkylation sites (N-methyl/N-ethyl adjacent to an activating group) is 1. The number of rotatable bonds is 4. The maximum absolute atomic E-state index is 12.0. The summed E-state index contributed by atoms with van der Waals surface area (Å²) in [7, 11) is 2.05. The molecular weight excluding hydrogens is 330 g/mol. The number of hydrogen-bond acceptors (Lipinski definition) is 5. The summed E-state index contributed by atoms with van der Waals surface area (Å²) in [4.78, 5) is 25.2. The van der Waals surface area contributed by atoms with Crippen molar-refractivity contribution >= 4 is 11.8 Å². The molecule has 2 aromatic heterocycles. The largest absolute Gasteiger partial charge is 0.481 e. The zero-order chi connectivity index (χ0) is 18.1. The minimum absolute atomic E-state index is 0.0370. The first kappa shape index (κ1) is 17.0. The number of carboxylic acids is 1. The molecule has 0 saturated carbocycles. The molecule has 1 N–H and O–H groups in total. The number of anilines is 1. The van der Waals surface area contributed by atoms with Crippen molar-refractivity contribution in [2.45, 2.75) is 31.8 Å². The summed E-state index contributed by atoms with van der Waals surface area (Å²) in [6.07, 6.45) is 9.81. The fourth-order valence-corrected chi connectivity index (χ4v) is 4.48. The van der Waals surface area contributed by atoms with Crippen LogP contribution in [0.25, 0.3) is 0 Å². The minimum Gasteiger partial charge on any atom is -0.481 e. The van der Waals surface area contributed by atoms with Crippen molar-refractivity contribution in [1.29, 1.82) is 0 Å². The van der Waals surface area contributed by atoms with Gasteiger partial charge in [0.05, 0.1) is 11.7 Å². The van der Waals surface area contributed by atoms with Crippen LogP contribution in [0.5, 0.6) is 0 Å². The third kappa shape index (κ3) is 2.96. The highest BCUT2D eigenvalue weighted by atomic mass is 16.4. The summed E-state index contributed by atoms with van der Waals surface area (Å²) in [5.74, 6) is 0.287. The number of pyridine rings is 1. The topological polar surface area (TPSA) is 74.5 Å². The van der Waals surface area contributed by atoms with Gasteiger partial charge in [-0.05, 0) is 44.5 Å². The van der Waals surface area contributed by atoms with Crippen molar-refractivity contribution in [3.63, 3.8) is 0 Å². The highest BCUT2D eigenvalue weighted by molar-refractivity contribution is 5.76. The zero-order valence-corrected chi connectivity index (χ0v) is 15.1. The molecule has 0 amide bonds. The molecule has 4 rings (SSSR count). The summed E-state index contributed by atoms with van der Waals surface area (Å²) >= 11 is 0. The lowest BCUT2D eigenvalue weighted by Crippen LogP contribution is -2.63. The van der Waals surface area contributed by atoms with Crippen LogP contribution in [0.2, 0.25) is 0 Å². The molecule has 2 fully saturated rings. The van der Waals surface area contributed by atoms with Crippen LogP contribution in [0.4, 0.5) is 5.82 Å². The quantitative estimate of drug-likeness (QED) is 0.900. The molecule has 2 aromatic rings. The monoisotopic (exact) mass is 355 g/mol. The van der Waals surface area contributed by atoms with Crippen LogP contribution in [0.1, 0.15) is 24.8 Å². The highest BCUT2D eigenvalue weighted by Gasteiger charge is 2.52. The second kappa shape index (κ2) is 6.72. The van der Waals surface area contributed by atoms with Crippen LogP contribution in [0, 0.1) is 5.41 Å². The van der Waals surface area contributed by atoms with E-state index in [9.17, 15) is 9.90 Å². The minimum atomic E-state index is -0.641. The number of aliphatic carboxylic acids is 1. The maximum atomic E-state index is 12.0. The van der Waals surface area contributed by atoms with E-state index < -0.39 is 11.4 Å². The van der Waals surface area contributed by atoms with Crippen LogP contribution in [0.3, 0.4) is 0 Å². The SMILES string of the molecule is CN1CCC[C@]2(C(=O)O)CCN(c3ccc(Cn4ccnc4)cn3)C[C@@H]12. The number of imidazole rings is 1. The molecule has 2 atom stereocenters. The van der Waals surface area contributed by atoms with Crippen LogP contribution in [-0.2, 0) is 11.3 Å². The molecule has 2 aliphatic heterocycles. The van der Waals surface area contributed by atoms with Crippen molar-refractivity contribution in [3.05, 3.63) is 42.6 Å².